The van der Waals surface area contributed by atoms with Gasteiger partial charge in [-0.3, -0.25) is 0 Å². The van der Waals surface area contributed by atoms with Crippen molar-refractivity contribution in [1.82, 2.24) is 5.43 Å². The highest BCUT2D eigenvalue weighted by molar-refractivity contribution is 9.11. The van der Waals surface area contributed by atoms with Crippen molar-refractivity contribution < 1.29 is 9.47 Å². The van der Waals surface area contributed by atoms with Crippen molar-refractivity contribution in [2.75, 3.05) is 21.3 Å². The molecule has 0 aliphatic heterocycles. The van der Waals surface area contributed by atoms with Crippen LogP contribution in [-0.2, 0) is 0 Å². The van der Waals surface area contributed by atoms with Crippen molar-refractivity contribution in [2.24, 2.45) is 5.10 Å². The zero-order chi connectivity index (χ0) is 12.1. The van der Waals surface area contributed by atoms with Crippen LogP contribution in [0, 0.1) is 0 Å². The number of hydrogen-bond donors (Lipinski definition) is 1. The molecule has 1 aromatic carbocycles. The molecule has 0 aliphatic carbocycles. The topological polar surface area (TPSA) is 42.9 Å². The predicted octanol–water partition coefficient (Wildman–Crippen LogP) is 2.78. The van der Waals surface area contributed by atoms with E-state index in [2.05, 4.69) is 42.4 Å². The van der Waals surface area contributed by atoms with Gasteiger partial charge in [-0.15, -0.1) is 0 Å². The normalized spacial score (nSPS) is 10.6. The lowest BCUT2D eigenvalue weighted by Crippen LogP contribution is -1.99. The smallest absolute Gasteiger partial charge is 0.151 e. The predicted molar refractivity (Wildman–Crippen MR) is 71.6 cm³/mol. The minimum atomic E-state index is 0.680. The molecule has 0 amide bonds. The molecule has 88 valence electrons. The van der Waals surface area contributed by atoms with Gasteiger partial charge in [0.05, 0.1) is 24.9 Å². The molecular formula is C10H12Br2N2O2. The van der Waals surface area contributed by atoms with E-state index in [9.17, 15) is 0 Å². The number of rotatable bonds is 4. The van der Waals surface area contributed by atoms with Crippen LogP contribution >= 0.6 is 31.9 Å². The van der Waals surface area contributed by atoms with Crippen molar-refractivity contribution in [3.05, 3.63) is 20.6 Å². The molecule has 0 heterocycles. The molecule has 6 heteroatoms. The van der Waals surface area contributed by atoms with E-state index in [-0.39, 0.29) is 0 Å². The van der Waals surface area contributed by atoms with Crippen LogP contribution in [0.1, 0.15) is 5.56 Å². The summed E-state index contributed by atoms with van der Waals surface area (Å²) in [5.74, 6) is 1.37. The van der Waals surface area contributed by atoms with Crippen LogP contribution in [0.25, 0.3) is 0 Å². The van der Waals surface area contributed by atoms with Gasteiger partial charge >= 0.3 is 0 Å². The summed E-state index contributed by atoms with van der Waals surface area (Å²) in [7, 11) is 4.94. The number of hydrogen-bond acceptors (Lipinski definition) is 4. The maximum absolute atomic E-state index is 5.30. The average molecular weight is 352 g/mol. The van der Waals surface area contributed by atoms with Crippen molar-refractivity contribution in [3.63, 3.8) is 0 Å². The number of nitrogens with one attached hydrogen (secondary N) is 1. The Morgan fingerprint density at radius 3 is 2.38 bits per heavy atom. The summed E-state index contributed by atoms with van der Waals surface area (Å²) in [6.45, 7) is 0. The van der Waals surface area contributed by atoms with Crippen LogP contribution < -0.4 is 14.9 Å². The highest BCUT2D eigenvalue weighted by Gasteiger charge is 2.15. The van der Waals surface area contributed by atoms with Crippen LogP contribution in [0.2, 0.25) is 0 Å². The van der Waals surface area contributed by atoms with Gasteiger partial charge in [-0.1, -0.05) is 0 Å². The van der Waals surface area contributed by atoms with Gasteiger partial charge in [0.15, 0.2) is 5.75 Å². The van der Waals surface area contributed by atoms with Gasteiger partial charge in [0.25, 0.3) is 0 Å². The maximum Gasteiger partial charge on any atom is 0.151 e. The van der Waals surface area contributed by atoms with Crippen molar-refractivity contribution in [3.8, 4) is 11.5 Å². The monoisotopic (exact) mass is 350 g/mol. The molecule has 16 heavy (non-hydrogen) atoms. The Hall–Kier alpha value is -0.750. The van der Waals surface area contributed by atoms with Gasteiger partial charge in [-0.25, -0.2) is 0 Å². The highest BCUT2D eigenvalue weighted by atomic mass is 79.9. The molecule has 0 atom stereocenters. The molecule has 0 saturated carbocycles. The van der Waals surface area contributed by atoms with Gasteiger partial charge in [0, 0.05) is 12.6 Å². The first-order chi connectivity index (χ1) is 7.65. The third-order valence-corrected chi connectivity index (χ3v) is 3.21. The van der Waals surface area contributed by atoms with E-state index in [1.54, 1.807) is 27.5 Å². The second kappa shape index (κ2) is 6.10. The molecule has 1 N–H and O–H groups in total. The molecule has 0 saturated heterocycles. The molecular weight excluding hydrogens is 340 g/mol. The molecule has 0 radical (unpaired) electrons. The number of ether oxygens (including phenoxy) is 2. The summed E-state index contributed by atoms with van der Waals surface area (Å²) in [6.07, 6.45) is 1.67. The lowest BCUT2D eigenvalue weighted by atomic mass is 10.2. The molecule has 1 aromatic rings. The largest absolute Gasteiger partial charge is 0.495 e. The number of halogens is 2. The number of hydrazone groups is 1. The van der Waals surface area contributed by atoms with E-state index in [1.807, 2.05) is 6.07 Å². The summed E-state index contributed by atoms with van der Waals surface area (Å²) >= 11 is 6.85. The average Bonchev–Trinajstić information content (AvgIpc) is 2.26. The van der Waals surface area contributed by atoms with Gasteiger partial charge in [0.1, 0.15) is 10.2 Å². The fraction of sp³-hybridized carbons (Fsp3) is 0.300. The van der Waals surface area contributed by atoms with Crippen LogP contribution in [-0.4, -0.2) is 27.5 Å². The zero-order valence-corrected chi connectivity index (χ0v) is 12.3. The van der Waals surface area contributed by atoms with E-state index in [0.717, 1.165) is 14.5 Å². The molecule has 0 aromatic heterocycles. The Morgan fingerprint density at radius 2 is 1.88 bits per heavy atom. The van der Waals surface area contributed by atoms with Crippen molar-refractivity contribution in [1.29, 1.82) is 0 Å². The quantitative estimate of drug-likeness (QED) is 0.670. The molecule has 0 aliphatic rings. The van der Waals surface area contributed by atoms with Gasteiger partial charge in [0.2, 0.25) is 0 Å². The summed E-state index contributed by atoms with van der Waals surface area (Å²) < 4.78 is 12.1. The van der Waals surface area contributed by atoms with Crippen LogP contribution in [0.15, 0.2) is 20.1 Å². The zero-order valence-electron chi connectivity index (χ0n) is 9.17. The highest BCUT2D eigenvalue weighted by Crippen LogP contribution is 2.41. The maximum atomic E-state index is 5.30. The molecule has 0 spiro atoms. The number of methoxy groups -OCH3 is 2. The minimum Gasteiger partial charge on any atom is -0.495 e. The first kappa shape index (κ1) is 13.3. The first-order valence-corrected chi connectivity index (χ1v) is 6.04. The van der Waals surface area contributed by atoms with E-state index in [1.165, 1.54) is 0 Å². The second-order valence-corrected chi connectivity index (χ2v) is 4.46. The molecule has 1 rings (SSSR count). The Labute approximate surface area is 111 Å². The summed E-state index contributed by atoms with van der Waals surface area (Å²) in [5.41, 5.74) is 3.53. The van der Waals surface area contributed by atoms with Crippen LogP contribution in [0.5, 0.6) is 11.5 Å². The Kier molecular flexibility index (Phi) is 5.08. The summed E-state index contributed by atoms with van der Waals surface area (Å²) in [4.78, 5) is 0. The third-order valence-electron chi connectivity index (χ3n) is 1.90. The van der Waals surface area contributed by atoms with E-state index in [0.29, 0.717) is 11.5 Å². The molecule has 0 fully saturated rings. The fourth-order valence-electron chi connectivity index (χ4n) is 1.23. The standard InChI is InChI=1S/C10H12Br2N2O2/c1-13-14-5-6-4-7(11)10(16-3)8(12)9(6)15-2/h4-5,13H,1-3H3/b14-5+. The number of benzene rings is 1. The van der Waals surface area contributed by atoms with Gasteiger partial charge in [-0.05, 0) is 37.9 Å². The Bertz CT molecular complexity index is 408. The molecule has 4 nitrogen and oxygen atoms in total. The van der Waals surface area contributed by atoms with Crippen LogP contribution in [0.3, 0.4) is 0 Å². The summed E-state index contributed by atoms with van der Waals surface area (Å²) in [6, 6.07) is 1.88. The minimum absolute atomic E-state index is 0.680. The Morgan fingerprint density at radius 1 is 1.25 bits per heavy atom. The lowest BCUT2D eigenvalue weighted by Gasteiger charge is -2.12. The number of nitrogens with zero attached hydrogens (tertiary/aromatic N) is 1. The van der Waals surface area contributed by atoms with Gasteiger partial charge < -0.3 is 14.9 Å². The summed E-state index contributed by atoms with van der Waals surface area (Å²) in [5, 5.41) is 3.95. The molecule has 0 bridgehead atoms. The van der Waals surface area contributed by atoms with E-state index in [4.69, 9.17) is 9.47 Å². The Balaban J connectivity index is 3.34. The van der Waals surface area contributed by atoms with E-state index >= 15 is 0 Å². The third kappa shape index (κ3) is 2.68. The van der Waals surface area contributed by atoms with Crippen molar-refractivity contribution in [2.45, 2.75) is 0 Å². The van der Waals surface area contributed by atoms with E-state index < -0.39 is 0 Å². The fourth-order valence-corrected chi connectivity index (χ4v) is 2.87. The van der Waals surface area contributed by atoms with Crippen molar-refractivity contribution >= 4 is 38.1 Å². The van der Waals surface area contributed by atoms with Gasteiger partial charge in [-0.2, -0.15) is 5.10 Å². The first-order valence-electron chi connectivity index (χ1n) is 4.45. The SMILES string of the molecule is CN/N=C/c1cc(Br)c(OC)c(Br)c1OC. The molecule has 0 unspecified atom stereocenters. The van der Waals surface area contributed by atoms with Crippen LogP contribution in [0.4, 0.5) is 0 Å². The lowest BCUT2D eigenvalue weighted by molar-refractivity contribution is 0.387. The second-order valence-electron chi connectivity index (χ2n) is 2.81.